The third-order valence-electron chi connectivity index (χ3n) is 2.80. The Labute approximate surface area is 75.3 Å². The third-order valence-corrected chi connectivity index (χ3v) is 2.80. The molecule has 0 saturated heterocycles. The van der Waals surface area contributed by atoms with Crippen LogP contribution in [0.5, 0.6) is 0 Å². The minimum absolute atomic E-state index is 0.731. The first kappa shape index (κ1) is 9.37. The van der Waals surface area contributed by atoms with E-state index in [0.717, 1.165) is 18.0 Å². The predicted molar refractivity (Wildman–Crippen MR) is 53.7 cm³/mol. The highest BCUT2D eigenvalue weighted by molar-refractivity contribution is 5.31. The van der Waals surface area contributed by atoms with Gasteiger partial charge in [0.2, 0.25) is 0 Å². The van der Waals surface area contributed by atoms with E-state index in [1.54, 1.807) is 5.57 Å². The fourth-order valence-electron chi connectivity index (χ4n) is 1.80. The van der Waals surface area contributed by atoms with Crippen molar-refractivity contribution in [3.05, 3.63) is 22.9 Å². The molecule has 1 rings (SSSR count). The Bertz CT molecular complexity index is 223. The minimum atomic E-state index is 0.731. The molecule has 1 nitrogen and oxygen atoms in total. The van der Waals surface area contributed by atoms with Gasteiger partial charge in [0.15, 0.2) is 0 Å². The second-order valence-electron chi connectivity index (χ2n) is 3.74. The van der Waals surface area contributed by atoms with Crippen molar-refractivity contribution in [2.75, 3.05) is 0 Å². The van der Waals surface area contributed by atoms with E-state index >= 15 is 0 Å². The summed E-state index contributed by atoms with van der Waals surface area (Å²) in [5.74, 6) is 0.731. The van der Waals surface area contributed by atoms with Gasteiger partial charge in [-0.05, 0) is 43.8 Å². The highest BCUT2D eigenvalue weighted by Crippen LogP contribution is 2.28. The summed E-state index contributed by atoms with van der Waals surface area (Å²) in [4.78, 5) is 0. The maximum Gasteiger partial charge on any atom is 0.00863 e. The lowest BCUT2D eigenvalue weighted by Crippen LogP contribution is -2.09. The molecule has 1 atom stereocenters. The Morgan fingerprint density at radius 3 is 2.67 bits per heavy atom. The van der Waals surface area contributed by atoms with E-state index in [1.165, 1.54) is 18.4 Å². The average molecular weight is 165 g/mol. The van der Waals surface area contributed by atoms with Crippen LogP contribution in [-0.4, -0.2) is 0 Å². The van der Waals surface area contributed by atoms with E-state index in [9.17, 15) is 0 Å². The van der Waals surface area contributed by atoms with Gasteiger partial charge in [0.25, 0.3) is 0 Å². The number of hydrogen-bond acceptors (Lipinski definition) is 1. The topological polar surface area (TPSA) is 26.0 Å². The lowest BCUT2D eigenvalue weighted by atomic mass is 9.86. The maximum atomic E-state index is 5.76. The fraction of sp³-hybridized carbons (Fsp3) is 0.636. The van der Waals surface area contributed by atoms with Crippen LogP contribution in [0.4, 0.5) is 0 Å². The normalized spacial score (nSPS) is 20.8. The summed E-state index contributed by atoms with van der Waals surface area (Å²) in [6.45, 7) is 6.72. The van der Waals surface area contributed by atoms with Gasteiger partial charge < -0.3 is 5.73 Å². The molecule has 12 heavy (non-hydrogen) atoms. The van der Waals surface area contributed by atoms with E-state index in [1.807, 2.05) is 0 Å². The average Bonchev–Trinajstić information content (AvgIpc) is 2.03. The largest absolute Gasteiger partial charge is 0.402 e. The first-order chi connectivity index (χ1) is 5.65. The van der Waals surface area contributed by atoms with Crippen LogP contribution in [0, 0.1) is 5.92 Å². The summed E-state index contributed by atoms with van der Waals surface area (Å²) in [6.07, 6.45) is 5.59. The van der Waals surface area contributed by atoms with E-state index in [0.29, 0.717) is 0 Å². The first-order valence-corrected chi connectivity index (χ1v) is 4.80. The molecule has 0 aromatic carbocycles. The molecule has 0 aromatic heterocycles. The molecule has 0 bridgehead atoms. The molecule has 0 aliphatic heterocycles. The van der Waals surface area contributed by atoms with Gasteiger partial charge in [0, 0.05) is 5.70 Å². The standard InChI is InChI=1S/C11H19N/c1-4-8(2)11-6-5-10(12)7-9(11)3/h7-8H,4-6,12H2,1-3H3. The SMILES string of the molecule is CCC(C)C1=C(C)C=C(N)CC1. The van der Waals surface area contributed by atoms with Gasteiger partial charge >= 0.3 is 0 Å². The van der Waals surface area contributed by atoms with Crippen molar-refractivity contribution >= 4 is 0 Å². The van der Waals surface area contributed by atoms with Gasteiger partial charge in [-0.1, -0.05) is 19.4 Å². The van der Waals surface area contributed by atoms with Crippen LogP contribution in [0.1, 0.15) is 40.0 Å². The molecule has 0 aromatic rings. The fourth-order valence-corrected chi connectivity index (χ4v) is 1.80. The zero-order valence-electron chi connectivity index (χ0n) is 8.35. The zero-order chi connectivity index (χ0) is 9.14. The van der Waals surface area contributed by atoms with Crippen molar-refractivity contribution in [3.8, 4) is 0 Å². The van der Waals surface area contributed by atoms with Crippen molar-refractivity contribution in [3.63, 3.8) is 0 Å². The Hall–Kier alpha value is -0.720. The van der Waals surface area contributed by atoms with E-state index in [2.05, 4.69) is 26.8 Å². The van der Waals surface area contributed by atoms with Gasteiger partial charge in [-0.2, -0.15) is 0 Å². The molecule has 1 unspecified atom stereocenters. The molecule has 0 fully saturated rings. The zero-order valence-corrected chi connectivity index (χ0v) is 8.35. The maximum absolute atomic E-state index is 5.76. The Balaban J connectivity index is 2.82. The van der Waals surface area contributed by atoms with Crippen LogP contribution in [-0.2, 0) is 0 Å². The van der Waals surface area contributed by atoms with Gasteiger partial charge in [-0.25, -0.2) is 0 Å². The molecule has 0 radical (unpaired) electrons. The molecule has 0 heterocycles. The summed E-state index contributed by atoms with van der Waals surface area (Å²) >= 11 is 0. The third kappa shape index (κ3) is 1.90. The minimum Gasteiger partial charge on any atom is -0.402 e. The summed E-state index contributed by atoms with van der Waals surface area (Å²) in [6, 6.07) is 0. The second kappa shape index (κ2) is 3.79. The Kier molecular flexibility index (Phi) is 2.96. The van der Waals surface area contributed by atoms with Crippen molar-refractivity contribution in [1.29, 1.82) is 0 Å². The van der Waals surface area contributed by atoms with Gasteiger partial charge in [-0.15, -0.1) is 0 Å². The smallest absolute Gasteiger partial charge is 0.00863 e. The number of rotatable bonds is 2. The molecule has 68 valence electrons. The van der Waals surface area contributed by atoms with Crippen molar-refractivity contribution in [2.45, 2.75) is 40.0 Å². The molecular formula is C11H19N. The van der Waals surface area contributed by atoms with Crippen LogP contribution in [0.25, 0.3) is 0 Å². The number of nitrogens with two attached hydrogens (primary N) is 1. The highest BCUT2D eigenvalue weighted by atomic mass is 14.6. The van der Waals surface area contributed by atoms with Crippen molar-refractivity contribution < 1.29 is 0 Å². The molecular weight excluding hydrogens is 146 g/mol. The van der Waals surface area contributed by atoms with Crippen LogP contribution in [0.15, 0.2) is 22.9 Å². The predicted octanol–water partition coefficient (Wildman–Crippen LogP) is 2.99. The monoisotopic (exact) mass is 165 g/mol. The molecule has 0 amide bonds. The van der Waals surface area contributed by atoms with Crippen LogP contribution in [0.2, 0.25) is 0 Å². The van der Waals surface area contributed by atoms with Crippen LogP contribution >= 0.6 is 0 Å². The lowest BCUT2D eigenvalue weighted by Gasteiger charge is -2.20. The van der Waals surface area contributed by atoms with E-state index in [4.69, 9.17) is 5.73 Å². The lowest BCUT2D eigenvalue weighted by molar-refractivity contribution is 0.609. The molecule has 0 spiro atoms. The quantitative estimate of drug-likeness (QED) is 0.668. The number of allylic oxidation sites excluding steroid dienone is 4. The summed E-state index contributed by atoms with van der Waals surface area (Å²) in [5, 5.41) is 0. The molecule has 1 aliphatic rings. The Morgan fingerprint density at radius 1 is 1.50 bits per heavy atom. The van der Waals surface area contributed by atoms with E-state index in [-0.39, 0.29) is 0 Å². The highest BCUT2D eigenvalue weighted by Gasteiger charge is 2.13. The van der Waals surface area contributed by atoms with Gasteiger partial charge in [0.1, 0.15) is 0 Å². The second-order valence-corrected chi connectivity index (χ2v) is 3.74. The van der Waals surface area contributed by atoms with Crippen molar-refractivity contribution in [1.82, 2.24) is 0 Å². The summed E-state index contributed by atoms with van der Waals surface area (Å²) < 4.78 is 0. The molecule has 0 saturated carbocycles. The number of hydrogen-bond donors (Lipinski definition) is 1. The van der Waals surface area contributed by atoms with Crippen LogP contribution in [0.3, 0.4) is 0 Å². The van der Waals surface area contributed by atoms with E-state index < -0.39 is 0 Å². The first-order valence-electron chi connectivity index (χ1n) is 4.80. The molecule has 1 aliphatic carbocycles. The van der Waals surface area contributed by atoms with Crippen molar-refractivity contribution in [2.24, 2.45) is 11.7 Å². The summed E-state index contributed by atoms with van der Waals surface area (Å²) in [7, 11) is 0. The molecule has 1 heteroatoms. The molecule has 2 N–H and O–H groups in total. The van der Waals surface area contributed by atoms with Gasteiger partial charge in [0.05, 0.1) is 0 Å². The van der Waals surface area contributed by atoms with Gasteiger partial charge in [-0.3, -0.25) is 0 Å². The summed E-state index contributed by atoms with van der Waals surface area (Å²) in [5.41, 5.74) is 9.80. The Morgan fingerprint density at radius 2 is 2.17 bits per heavy atom. The van der Waals surface area contributed by atoms with Crippen LogP contribution < -0.4 is 5.73 Å².